The number of hydrogen-bond donors (Lipinski definition) is 1. The minimum Gasteiger partial charge on any atom is -0.381 e. The van der Waals surface area contributed by atoms with Crippen LogP contribution in [0.3, 0.4) is 0 Å². The first kappa shape index (κ1) is 13.9. The second-order valence-corrected chi connectivity index (χ2v) is 4.07. The van der Waals surface area contributed by atoms with Crippen molar-refractivity contribution in [2.45, 2.75) is 46.5 Å². The van der Waals surface area contributed by atoms with Gasteiger partial charge in [-0.25, -0.2) is 0 Å². The Morgan fingerprint density at radius 3 is 2.57 bits per heavy atom. The molecule has 2 heteroatoms. The molecular formula is C12H27NO. The monoisotopic (exact) mass is 201 g/mol. The molecule has 0 saturated heterocycles. The molecule has 0 aromatic rings. The Balaban J connectivity index is 2.98. The van der Waals surface area contributed by atoms with Crippen molar-refractivity contribution in [3.63, 3.8) is 0 Å². The molecule has 0 aliphatic carbocycles. The van der Waals surface area contributed by atoms with Crippen LogP contribution in [-0.2, 0) is 4.74 Å². The molecule has 1 unspecified atom stereocenters. The van der Waals surface area contributed by atoms with Gasteiger partial charge in [0.2, 0.25) is 0 Å². The average Bonchev–Trinajstić information content (AvgIpc) is 2.17. The molecule has 0 rings (SSSR count). The molecule has 14 heavy (non-hydrogen) atoms. The maximum Gasteiger partial charge on any atom is 0.0491 e. The molecule has 0 aliphatic rings. The van der Waals surface area contributed by atoms with E-state index < -0.39 is 0 Å². The molecule has 0 heterocycles. The maximum atomic E-state index is 5.59. The van der Waals surface area contributed by atoms with E-state index in [1.165, 1.54) is 19.3 Å². The first-order valence-corrected chi connectivity index (χ1v) is 6.09. The van der Waals surface area contributed by atoms with Crippen molar-refractivity contribution in [2.24, 2.45) is 5.92 Å². The lowest BCUT2D eigenvalue weighted by Crippen LogP contribution is -2.18. The summed E-state index contributed by atoms with van der Waals surface area (Å²) in [5, 5.41) is 3.37. The van der Waals surface area contributed by atoms with Crippen molar-refractivity contribution in [1.29, 1.82) is 0 Å². The summed E-state index contributed by atoms with van der Waals surface area (Å²) in [4.78, 5) is 0. The van der Waals surface area contributed by atoms with Crippen LogP contribution >= 0.6 is 0 Å². The lowest BCUT2D eigenvalue weighted by molar-refractivity contribution is 0.0998. The van der Waals surface area contributed by atoms with Gasteiger partial charge in [-0.1, -0.05) is 27.2 Å². The second kappa shape index (κ2) is 11.0. The van der Waals surface area contributed by atoms with Gasteiger partial charge in [-0.2, -0.15) is 0 Å². The standard InChI is InChI=1S/C12H27NO/c1-4-7-12(3)11-14-10-6-9-13-8-5-2/h12-13H,4-11H2,1-3H3. The maximum absolute atomic E-state index is 5.59. The van der Waals surface area contributed by atoms with Crippen LogP contribution in [0.1, 0.15) is 46.5 Å². The molecule has 0 radical (unpaired) electrons. The zero-order valence-electron chi connectivity index (χ0n) is 10.1. The molecule has 2 nitrogen and oxygen atoms in total. The van der Waals surface area contributed by atoms with Crippen LogP contribution < -0.4 is 5.32 Å². The van der Waals surface area contributed by atoms with Crippen LogP contribution in [0.4, 0.5) is 0 Å². The first-order chi connectivity index (χ1) is 6.81. The minimum atomic E-state index is 0.726. The fraction of sp³-hybridized carbons (Fsp3) is 1.00. The summed E-state index contributed by atoms with van der Waals surface area (Å²) in [6.07, 6.45) is 4.91. The molecule has 0 spiro atoms. The Kier molecular flexibility index (Phi) is 10.9. The predicted molar refractivity (Wildman–Crippen MR) is 62.7 cm³/mol. The van der Waals surface area contributed by atoms with Crippen molar-refractivity contribution < 1.29 is 4.74 Å². The molecule has 0 aromatic heterocycles. The normalized spacial score (nSPS) is 13.1. The van der Waals surface area contributed by atoms with Gasteiger partial charge in [-0.3, -0.25) is 0 Å². The summed E-state index contributed by atoms with van der Waals surface area (Å²) in [7, 11) is 0. The van der Waals surface area contributed by atoms with Gasteiger partial charge < -0.3 is 10.1 Å². The summed E-state index contributed by atoms with van der Waals surface area (Å²) in [5.74, 6) is 0.726. The topological polar surface area (TPSA) is 21.3 Å². The fourth-order valence-electron chi connectivity index (χ4n) is 1.46. The molecule has 0 amide bonds. The second-order valence-electron chi connectivity index (χ2n) is 4.07. The van der Waals surface area contributed by atoms with Gasteiger partial charge in [0.1, 0.15) is 0 Å². The predicted octanol–water partition coefficient (Wildman–Crippen LogP) is 2.83. The van der Waals surface area contributed by atoms with Gasteiger partial charge >= 0.3 is 0 Å². The Morgan fingerprint density at radius 2 is 1.93 bits per heavy atom. The molecule has 0 aromatic carbocycles. The highest BCUT2D eigenvalue weighted by atomic mass is 16.5. The minimum absolute atomic E-state index is 0.726. The van der Waals surface area contributed by atoms with Gasteiger partial charge in [-0.15, -0.1) is 0 Å². The number of hydrogen-bond acceptors (Lipinski definition) is 2. The van der Waals surface area contributed by atoms with E-state index in [9.17, 15) is 0 Å². The molecule has 0 saturated carbocycles. The smallest absolute Gasteiger partial charge is 0.0491 e. The third-order valence-electron chi connectivity index (χ3n) is 2.25. The Morgan fingerprint density at radius 1 is 1.14 bits per heavy atom. The first-order valence-electron chi connectivity index (χ1n) is 6.09. The summed E-state index contributed by atoms with van der Waals surface area (Å²) in [6, 6.07) is 0. The van der Waals surface area contributed by atoms with Crippen LogP contribution in [-0.4, -0.2) is 26.3 Å². The largest absolute Gasteiger partial charge is 0.381 e. The van der Waals surface area contributed by atoms with Crippen LogP contribution in [0.2, 0.25) is 0 Å². The van der Waals surface area contributed by atoms with E-state index >= 15 is 0 Å². The lowest BCUT2D eigenvalue weighted by Gasteiger charge is -2.10. The Labute approximate surface area is 89.4 Å². The van der Waals surface area contributed by atoms with E-state index in [-0.39, 0.29) is 0 Å². The van der Waals surface area contributed by atoms with E-state index in [2.05, 4.69) is 26.1 Å². The third kappa shape index (κ3) is 10.0. The van der Waals surface area contributed by atoms with E-state index in [0.717, 1.165) is 38.6 Å². The summed E-state index contributed by atoms with van der Waals surface area (Å²) >= 11 is 0. The third-order valence-corrected chi connectivity index (χ3v) is 2.25. The average molecular weight is 201 g/mol. The SMILES string of the molecule is CCCNCCCOCC(C)CCC. The molecule has 0 bridgehead atoms. The van der Waals surface area contributed by atoms with Crippen LogP contribution in [0, 0.1) is 5.92 Å². The van der Waals surface area contributed by atoms with Crippen molar-refractivity contribution >= 4 is 0 Å². The number of ether oxygens (including phenoxy) is 1. The van der Waals surface area contributed by atoms with Crippen LogP contribution in [0.5, 0.6) is 0 Å². The highest BCUT2D eigenvalue weighted by Crippen LogP contribution is 2.04. The van der Waals surface area contributed by atoms with Crippen molar-refractivity contribution in [1.82, 2.24) is 5.32 Å². The summed E-state index contributed by atoms with van der Waals surface area (Å²) in [5.41, 5.74) is 0. The lowest BCUT2D eigenvalue weighted by atomic mass is 10.1. The highest BCUT2D eigenvalue weighted by molar-refractivity contribution is 4.50. The van der Waals surface area contributed by atoms with E-state index in [1.807, 2.05) is 0 Å². The van der Waals surface area contributed by atoms with E-state index in [4.69, 9.17) is 4.74 Å². The van der Waals surface area contributed by atoms with Gasteiger partial charge in [0.05, 0.1) is 0 Å². The molecule has 0 aliphatic heterocycles. The molecule has 0 fully saturated rings. The Hall–Kier alpha value is -0.0800. The van der Waals surface area contributed by atoms with Gasteiger partial charge in [0.25, 0.3) is 0 Å². The zero-order valence-corrected chi connectivity index (χ0v) is 10.1. The van der Waals surface area contributed by atoms with Gasteiger partial charge in [0.15, 0.2) is 0 Å². The highest BCUT2D eigenvalue weighted by Gasteiger charge is 1.99. The Bertz CT molecular complexity index is 106. The molecule has 86 valence electrons. The van der Waals surface area contributed by atoms with E-state index in [0.29, 0.717) is 0 Å². The van der Waals surface area contributed by atoms with Crippen molar-refractivity contribution in [2.75, 3.05) is 26.3 Å². The van der Waals surface area contributed by atoms with Crippen molar-refractivity contribution in [3.05, 3.63) is 0 Å². The molecule has 1 N–H and O–H groups in total. The van der Waals surface area contributed by atoms with E-state index in [1.54, 1.807) is 0 Å². The van der Waals surface area contributed by atoms with Gasteiger partial charge in [0, 0.05) is 13.2 Å². The summed E-state index contributed by atoms with van der Waals surface area (Å²) in [6.45, 7) is 10.7. The number of rotatable bonds is 10. The number of nitrogens with one attached hydrogen (secondary N) is 1. The quantitative estimate of drug-likeness (QED) is 0.549. The fourth-order valence-corrected chi connectivity index (χ4v) is 1.46. The molecule has 1 atom stereocenters. The van der Waals surface area contributed by atoms with Crippen LogP contribution in [0.15, 0.2) is 0 Å². The zero-order chi connectivity index (χ0) is 10.6. The van der Waals surface area contributed by atoms with Crippen molar-refractivity contribution in [3.8, 4) is 0 Å². The van der Waals surface area contributed by atoms with Gasteiger partial charge in [-0.05, 0) is 38.3 Å². The van der Waals surface area contributed by atoms with Crippen LogP contribution in [0.25, 0.3) is 0 Å². The summed E-state index contributed by atoms with van der Waals surface area (Å²) < 4.78 is 5.59. The molecular weight excluding hydrogens is 174 g/mol.